The van der Waals surface area contributed by atoms with Gasteiger partial charge in [-0.05, 0) is 31.5 Å². The summed E-state index contributed by atoms with van der Waals surface area (Å²) in [6, 6.07) is 8.48. The van der Waals surface area contributed by atoms with E-state index in [1.54, 1.807) is 0 Å². The number of hydrogen-bond acceptors (Lipinski definition) is 5. The van der Waals surface area contributed by atoms with Crippen molar-refractivity contribution in [3.8, 4) is 0 Å². The van der Waals surface area contributed by atoms with Crippen molar-refractivity contribution >= 4 is 11.0 Å². The molecule has 1 aliphatic heterocycles. The Labute approximate surface area is 128 Å². The van der Waals surface area contributed by atoms with Crippen LogP contribution in [0.5, 0.6) is 0 Å². The van der Waals surface area contributed by atoms with Gasteiger partial charge in [0.25, 0.3) is 0 Å². The van der Waals surface area contributed by atoms with Gasteiger partial charge in [0.15, 0.2) is 5.82 Å². The van der Waals surface area contributed by atoms with Crippen LogP contribution >= 0.6 is 0 Å². The smallest absolute Gasteiger partial charge is 0.223 e. The summed E-state index contributed by atoms with van der Waals surface area (Å²) < 4.78 is 7.31. The fourth-order valence-electron chi connectivity index (χ4n) is 3.28. The molecule has 1 saturated heterocycles. The highest BCUT2D eigenvalue weighted by atomic mass is 16.5. The average molecular weight is 297 g/mol. The van der Waals surface area contributed by atoms with Crippen LogP contribution in [0.4, 0.5) is 0 Å². The molecule has 1 aliphatic rings. The quantitative estimate of drug-likeness (QED) is 0.743. The Balaban J connectivity index is 1.62. The summed E-state index contributed by atoms with van der Waals surface area (Å²) in [5.74, 6) is 2.51. The molecule has 0 bridgehead atoms. The summed E-state index contributed by atoms with van der Waals surface area (Å²) in [6.07, 6.45) is 2.23. The van der Waals surface area contributed by atoms with Crippen molar-refractivity contribution in [3.05, 3.63) is 41.8 Å². The standard InChI is InChI=1S/C16H19N5O/c1-11-17-16(19-22-11)14-8-5-9-21(14)10-15-18-12-6-3-4-7-13(12)20(15)2/h3-4,6-7,14H,5,8-10H2,1-2H3/t14-/m1/s1. The van der Waals surface area contributed by atoms with Gasteiger partial charge in [0.05, 0.1) is 23.6 Å². The second-order valence-electron chi connectivity index (χ2n) is 5.88. The number of hydrogen-bond donors (Lipinski definition) is 0. The minimum absolute atomic E-state index is 0.234. The van der Waals surface area contributed by atoms with E-state index in [1.165, 1.54) is 5.52 Å². The summed E-state index contributed by atoms with van der Waals surface area (Å²) in [5.41, 5.74) is 2.22. The predicted octanol–water partition coefficient (Wildman–Crippen LogP) is 2.60. The molecule has 0 aliphatic carbocycles. The van der Waals surface area contributed by atoms with E-state index < -0.39 is 0 Å². The third-order valence-corrected chi connectivity index (χ3v) is 4.43. The van der Waals surface area contributed by atoms with Crippen LogP contribution in [0.25, 0.3) is 11.0 Å². The number of likely N-dealkylation sites (tertiary alicyclic amines) is 1. The average Bonchev–Trinajstić information content (AvgIpc) is 3.21. The van der Waals surface area contributed by atoms with Gasteiger partial charge in [-0.3, -0.25) is 4.90 Å². The van der Waals surface area contributed by atoms with E-state index in [9.17, 15) is 0 Å². The Bertz CT molecular complexity index is 806. The number of nitrogens with zero attached hydrogens (tertiary/aromatic N) is 5. The van der Waals surface area contributed by atoms with E-state index in [0.29, 0.717) is 5.89 Å². The number of imidazole rings is 1. The van der Waals surface area contributed by atoms with Gasteiger partial charge >= 0.3 is 0 Å². The summed E-state index contributed by atoms with van der Waals surface area (Å²) in [7, 11) is 2.08. The van der Waals surface area contributed by atoms with Gasteiger partial charge in [0, 0.05) is 14.0 Å². The molecule has 22 heavy (non-hydrogen) atoms. The number of aromatic nitrogens is 4. The first-order valence-electron chi connectivity index (χ1n) is 7.67. The Kier molecular flexibility index (Phi) is 3.18. The van der Waals surface area contributed by atoms with Crippen LogP contribution in [0.3, 0.4) is 0 Å². The molecule has 3 aromatic rings. The summed E-state index contributed by atoms with van der Waals surface area (Å²) in [5, 5.41) is 4.10. The third kappa shape index (κ3) is 2.20. The van der Waals surface area contributed by atoms with Crippen LogP contribution in [0.2, 0.25) is 0 Å². The first kappa shape index (κ1) is 13.5. The molecule has 0 amide bonds. The molecule has 0 saturated carbocycles. The van der Waals surface area contributed by atoms with Crippen molar-refractivity contribution < 1.29 is 4.52 Å². The molecule has 6 heteroatoms. The lowest BCUT2D eigenvalue weighted by Crippen LogP contribution is -2.25. The zero-order chi connectivity index (χ0) is 15.1. The second kappa shape index (κ2) is 5.21. The maximum Gasteiger partial charge on any atom is 0.223 e. The first-order chi connectivity index (χ1) is 10.7. The predicted molar refractivity (Wildman–Crippen MR) is 82.1 cm³/mol. The van der Waals surface area contributed by atoms with Gasteiger partial charge in [-0.1, -0.05) is 17.3 Å². The van der Waals surface area contributed by atoms with Gasteiger partial charge in [-0.15, -0.1) is 0 Å². The molecule has 114 valence electrons. The third-order valence-electron chi connectivity index (χ3n) is 4.43. The molecular formula is C16H19N5O. The zero-order valence-corrected chi connectivity index (χ0v) is 12.9. The first-order valence-corrected chi connectivity index (χ1v) is 7.67. The molecule has 6 nitrogen and oxygen atoms in total. The Morgan fingerprint density at radius 1 is 1.27 bits per heavy atom. The van der Waals surface area contributed by atoms with Crippen LogP contribution < -0.4 is 0 Å². The summed E-state index contributed by atoms with van der Waals surface area (Å²) in [4.78, 5) is 11.6. The molecule has 1 atom stereocenters. The van der Waals surface area contributed by atoms with E-state index >= 15 is 0 Å². The number of para-hydroxylation sites is 2. The van der Waals surface area contributed by atoms with Crippen molar-refractivity contribution in [2.24, 2.45) is 7.05 Å². The van der Waals surface area contributed by atoms with E-state index in [1.807, 2.05) is 13.0 Å². The van der Waals surface area contributed by atoms with Crippen molar-refractivity contribution in [1.29, 1.82) is 0 Å². The SMILES string of the molecule is Cc1nc([C@H]2CCCN2Cc2nc3ccccc3n2C)no1. The normalized spacial score (nSPS) is 19.3. The van der Waals surface area contributed by atoms with Gasteiger partial charge < -0.3 is 9.09 Å². The minimum atomic E-state index is 0.234. The fourth-order valence-corrected chi connectivity index (χ4v) is 3.28. The number of rotatable bonds is 3. The van der Waals surface area contributed by atoms with Crippen LogP contribution in [0.15, 0.2) is 28.8 Å². The monoisotopic (exact) mass is 297 g/mol. The molecule has 2 aromatic heterocycles. The maximum atomic E-state index is 5.14. The minimum Gasteiger partial charge on any atom is -0.340 e. The van der Waals surface area contributed by atoms with Crippen LogP contribution in [-0.4, -0.2) is 31.1 Å². The van der Waals surface area contributed by atoms with Gasteiger partial charge in [-0.2, -0.15) is 4.98 Å². The molecule has 1 aromatic carbocycles. The van der Waals surface area contributed by atoms with Crippen molar-refractivity contribution in [2.75, 3.05) is 6.54 Å². The van der Waals surface area contributed by atoms with Crippen molar-refractivity contribution in [1.82, 2.24) is 24.6 Å². The number of aryl methyl sites for hydroxylation is 2. The zero-order valence-electron chi connectivity index (χ0n) is 12.9. The van der Waals surface area contributed by atoms with Gasteiger partial charge in [0.1, 0.15) is 5.82 Å². The highest BCUT2D eigenvalue weighted by molar-refractivity contribution is 5.75. The molecule has 0 radical (unpaired) electrons. The van der Waals surface area contributed by atoms with E-state index in [0.717, 1.165) is 43.1 Å². The highest BCUT2D eigenvalue weighted by Crippen LogP contribution is 2.31. The van der Waals surface area contributed by atoms with E-state index in [-0.39, 0.29) is 6.04 Å². The lowest BCUT2D eigenvalue weighted by atomic mass is 10.2. The summed E-state index contributed by atoms with van der Waals surface area (Å²) in [6.45, 7) is 3.69. The maximum absolute atomic E-state index is 5.14. The van der Waals surface area contributed by atoms with E-state index in [2.05, 4.69) is 44.9 Å². The fraction of sp³-hybridized carbons (Fsp3) is 0.438. The molecule has 1 fully saturated rings. The van der Waals surface area contributed by atoms with Crippen LogP contribution in [0.1, 0.15) is 36.4 Å². The van der Waals surface area contributed by atoms with Gasteiger partial charge in [0.2, 0.25) is 5.89 Å². The Morgan fingerprint density at radius 2 is 2.14 bits per heavy atom. The van der Waals surface area contributed by atoms with E-state index in [4.69, 9.17) is 9.51 Å². The number of fused-ring (bicyclic) bond motifs is 1. The topological polar surface area (TPSA) is 60.0 Å². The largest absolute Gasteiger partial charge is 0.340 e. The molecule has 0 unspecified atom stereocenters. The van der Waals surface area contributed by atoms with Crippen LogP contribution in [-0.2, 0) is 13.6 Å². The molecule has 0 N–H and O–H groups in total. The lowest BCUT2D eigenvalue weighted by molar-refractivity contribution is 0.227. The Hall–Kier alpha value is -2.21. The second-order valence-corrected chi connectivity index (χ2v) is 5.88. The lowest BCUT2D eigenvalue weighted by Gasteiger charge is -2.21. The van der Waals surface area contributed by atoms with Crippen LogP contribution in [0, 0.1) is 6.92 Å². The van der Waals surface area contributed by atoms with Gasteiger partial charge in [-0.25, -0.2) is 4.98 Å². The molecule has 4 rings (SSSR count). The molecular weight excluding hydrogens is 278 g/mol. The highest BCUT2D eigenvalue weighted by Gasteiger charge is 2.30. The Morgan fingerprint density at radius 3 is 2.91 bits per heavy atom. The summed E-state index contributed by atoms with van der Waals surface area (Å²) >= 11 is 0. The molecule has 3 heterocycles. The molecule has 0 spiro atoms. The van der Waals surface area contributed by atoms with Crippen molar-refractivity contribution in [3.63, 3.8) is 0 Å². The number of benzene rings is 1. The van der Waals surface area contributed by atoms with Crippen molar-refractivity contribution in [2.45, 2.75) is 32.4 Å².